The van der Waals surface area contributed by atoms with Crippen LogP contribution in [0.5, 0.6) is 23.0 Å². The molecule has 0 saturated heterocycles. The van der Waals surface area contributed by atoms with Gasteiger partial charge in [0, 0.05) is 12.1 Å². The smallest absolute Gasteiger partial charge is 0.169 e. The lowest BCUT2D eigenvalue weighted by molar-refractivity contribution is 0.388. The van der Waals surface area contributed by atoms with E-state index >= 15 is 0 Å². The third-order valence-electron chi connectivity index (χ3n) is 2.54. The van der Waals surface area contributed by atoms with Crippen LogP contribution in [0.4, 0.5) is 5.69 Å². The van der Waals surface area contributed by atoms with Gasteiger partial charge in [0.1, 0.15) is 11.5 Å². The van der Waals surface area contributed by atoms with Crippen molar-refractivity contribution in [3.63, 3.8) is 0 Å². The lowest BCUT2D eigenvalue weighted by Gasteiger charge is -2.12. The van der Waals surface area contributed by atoms with Gasteiger partial charge in [0.25, 0.3) is 0 Å². The molecule has 0 saturated carbocycles. The molecule has 0 radical (unpaired) electrons. The maximum absolute atomic E-state index is 7.15. The Kier molecular flexibility index (Phi) is 3.97. The molecule has 0 amide bonds. The first-order valence-electron chi connectivity index (χ1n) is 5.65. The van der Waals surface area contributed by atoms with E-state index in [0.717, 1.165) is 0 Å². The van der Waals surface area contributed by atoms with E-state index < -0.39 is 0 Å². The molecule has 19 heavy (non-hydrogen) atoms. The van der Waals surface area contributed by atoms with E-state index in [-0.39, 0.29) is 0 Å². The molecule has 5 heteroatoms. The molecule has 2 aromatic rings. The van der Waals surface area contributed by atoms with Crippen LogP contribution in [0.2, 0.25) is 0 Å². The Morgan fingerprint density at radius 3 is 1.95 bits per heavy atom. The van der Waals surface area contributed by atoms with Gasteiger partial charge in [-0.15, -0.1) is 0 Å². The largest absolute Gasteiger partial charge is 0.494 e. The van der Waals surface area contributed by atoms with E-state index in [1.807, 2.05) is 30.3 Å². The van der Waals surface area contributed by atoms with Crippen molar-refractivity contribution >= 4 is 5.69 Å². The van der Waals surface area contributed by atoms with Gasteiger partial charge in [-0.3, -0.25) is 0 Å². The zero-order chi connectivity index (χ0) is 13.7. The molecule has 0 aliphatic heterocycles. The number of nitrogens with one attached hydrogen (secondary N) is 1. The minimum absolute atomic E-state index is 0.338. The molecule has 0 aliphatic carbocycles. The molecule has 0 heterocycles. The molecule has 98 valence electrons. The predicted octanol–water partition coefficient (Wildman–Crippen LogP) is 4.16. The standard InChI is InChI=1S/C14H14N2O3/c1-17-12-8-11(9-13(18-2)14(12)16-15)19-10-6-4-3-5-7-10/h3-9,15H,1-2H3. The van der Waals surface area contributed by atoms with Crippen molar-refractivity contribution in [3.05, 3.63) is 42.5 Å². The highest BCUT2D eigenvalue weighted by Gasteiger charge is 2.13. The fourth-order valence-electron chi connectivity index (χ4n) is 1.66. The highest BCUT2D eigenvalue weighted by atomic mass is 16.5. The molecule has 5 nitrogen and oxygen atoms in total. The molecule has 0 spiro atoms. The van der Waals surface area contributed by atoms with Gasteiger partial charge < -0.3 is 14.2 Å². The molecule has 0 bridgehead atoms. The highest BCUT2D eigenvalue weighted by molar-refractivity contribution is 5.65. The Balaban J connectivity index is 2.39. The summed E-state index contributed by atoms with van der Waals surface area (Å²) >= 11 is 0. The highest BCUT2D eigenvalue weighted by Crippen LogP contribution is 2.41. The van der Waals surface area contributed by atoms with Crippen molar-refractivity contribution in [1.29, 1.82) is 5.53 Å². The number of rotatable bonds is 5. The fraction of sp³-hybridized carbons (Fsp3) is 0.143. The zero-order valence-corrected chi connectivity index (χ0v) is 10.7. The summed E-state index contributed by atoms with van der Waals surface area (Å²) in [5.74, 6) is 2.13. The maximum atomic E-state index is 7.15. The van der Waals surface area contributed by atoms with E-state index in [9.17, 15) is 0 Å². The van der Waals surface area contributed by atoms with Gasteiger partial charge in [-0.05, 0) is 12.1 Å². The van der Waals surface area contributed by atoms with Crippen LogP contribution in [-0.4, -0.2) is 14.2 Å². The molecule has 0 unspecified atom stereocenters. The van der Waals surface area contributed by atoms with Gasteiger partial charge in [-0.25, -0.2) is 5.53 Å². The molecule has 0 aliphatic rings. The molecule has 0 atom stereocenters. The Morgan fingerprint density at radius 2 is 1.47 bits per heavy atom. The van der Waals surface area contributed by atoms with E-state index in [0.29, 0.717) is 28.7 Å². The monoisotopic (exact) mass is 258 g/mol. The van der Waals surface area contributed by atoms with Gasteiger partial charge in [0.15, 0.2) is 17.2 Å². The minimum atomic E-state index is 0.338. The summed E-state index contributed by atoms with van der Waals surface area (Å²) in [5.41, 5.74) is 7.49. The van der Waals surface area contributed by atoms with Gasteiger partial charge in [0.2, 0.25) is 0 Å². The first-order chi connectivity index (χ1) is 9.28. The van der Waals surface area contributed by atoms with Crippen molar-refractivity contribution in [2.45, 2.75) is 0 Å². The Morgan fingerprint density at radius 1 is 0.895 bits per heavy atom. The normalized spacial score (nSPS) is 9.79. The lowest BCUT2D eigenvalue weighted by atomic mass is 10.2. The van der Waals surface area contributed by atoms with Crippen LogP contribution in [0.3, 0.4) is 0 Å². The average molecular weight is 258 g/mol. The summed E-state index contributed by atoms with van der Waals surface area (Å²) in [6.45, 7) is 0. The molecular weight excluding hydrogens is 244 g/mol. The number of methoxy groups -OCH3 is 2. The van der Waals surface area contributed by atoms with E-state index in [4.69, 9.17) is 19.7 Å². The zero-order valence-electron chi connectivity index (χ0n) is 10.7. The first-order valence-corrected chi connectivity index (χ1v) is 5.65. The molecule has 0 fully saturated rings. The van der Waals surface area contributed by atoms with Crippen molar-refractivity contribution in [2.75, 3.05) is 14.2 Å². The lowest BCUT2D eigenvalue weighted by Crippen LogP contribution is -1.91. The first kappa shape index (κ1) is 12.9. The second kappa shape index (κ2) is 5.86. The van der Waals surface area contributed by atoms with E-state index in [1.165, 1.54) is 14.2 Å². The van der Waals surface area contributed by atoms with Crippen LogP contribution >= 0.6 is 0 Å². The number of ether oxygens (including phenoxy) is 3. The number of para-hydroxylation sites is 1. The van der Waals surface area contributed by atoms with Gasteiger partial charge >= 0.3 is 0 Å². The second-order valence-electron chi connectivity index (χ2n) is 3.70. The Hall–Kier alpha value is -2.56. The van der Waals surface area contributed by atoms with Crippen molar-refractivity contribution < 1.29 is 14.2 Å². The van der Waals surface area contributed by atoms with Crippen molar-refractivity contribution in [3.8, 4) is 23.0 Å². The van der Waals surface area contributed by atoms with Crippen LogP contribution in [-0.2, 0) is 0 Å². The summed E-state index contributed by atoms with van der Waals surface area (Å²) in [7, 11) is 3.02. The quantitative estimate of drug-likeness (QED) is 0.819. The van der Waals surface area contributed by atoms with Crippen molar-refractivity contribution in [2.24, 2.45) is 5.11 Å². The SMILES string of the molecule is COc1cc(Oc2ccccc2)cc(OC)c1N=N. The summed E-state index contributed by atoms with van der Waals surface area (Å²) in [6.07, 6.45) is 0. The van der Waals surface area contributed by atoms with Gasteiger partial charge in [0.05, 0.1) is 14.2 Å². The molecular formula is C14H14N2O3. The topological polar surface area (TPSA) is 63.9 Å². The van der Waals surface area contributed by atoms with Crippen LogP contribution in [0.1, 0.15) is 0 Å². The van der Waals surface area contributed by atoms with Crippen LogP contribution < -0.4 is 14.2 Å². The molecule has 2 aromatic carbocycles. The maximum Gasteiger partial charge on any atom is 0.169 e. The van der Waals surface area contributed by atoms with E-state index in [2.05, 4.69) is 5.11 Å². The number of hydrogen-bond donors (Lipinski definition) is 1. The van der Waals surface area contributed by atoms with Gasteiger partial charge in [-0.1, -0.05) is 18.2 Å². The summed E-state index contributed by atoms with van der Waals surface area (Å²) in [5, 5.41) is 3.40. The van der Waals surface area contributed by atoms with Gasteiger partial charge in [-0.2, -0.15) is 5.11 Å². The molecule has 1 N–H and O–H groups in total. The fourth-order valence-corrected chi connectivity index (χ4v) is 1.66. The number of benzene rings is 2. The third kappa shape index (κ3) is 2.82. The van der Waals surface area contributed by atoms with E-state index in [1.54, 1.807) is 12.1 Å². The van der Waals surface area contributed by atoms with Crippen LogP contribution in [0.15, 0.2) is 47.6 Å². The van der Waals surface area contributed by atoms with Crippen LogP contribution in [0.25, 0.3) is 0 Å². The van der Waals surface area contributed by atoms with Crippen molar-refractivity contribution in [1.82, 2.24) is 0 Å². The summed E-state index contributed by atoms with van der Waals surface area (Å²) in [6, 6.07) is 12.7. The number of nitrogens with zero attached hydrogens (tertiary/aromatic N) is 1. The predicted molar refractivity (Wildman–Crippen MR) is 70.9 cm³/mol. The summed E-state index contributed by atoms with van der Waals surface area (Å²) < 4.78 is 16.1. The molecule has 2 rings (SSSR count). The number of hydrogen-bond acceptors (Lipinski definition) is 5. The Bertz CT molecular complexity index is 545. The second-order valence-corrected chi connectivity index (χ2v) is 3.70. The minimum Gasteiger partial charge on any atom is -0.494 e. The summed E-state index contributed by atoms with van der Waals surface area (Å²) in [4.78, 5) is 0. The van der Waals surface area contributed by atoms with Crippen LogP contribution in [0, 0.1) is 5.53 Å². The third-order valence-corrected chi connectivity index (χ3v) is 2.54. The molecule has 0 aromatic heterocycles. The Labute approximate surface area is 111 Å². The average Bonchev–Trinajstić information content (AvgIpc) is 2.47.